The minimum atomic E-state index is -0.351. The summed E-state index contributed by atoms with van der Waals surface area (Å²) in [6.07, 6.45) is 14.5. The molecule has 0 amide bonds. The molecule has 4 fully saturated rings. The number of phenols is 1. The molecule has 2 aromatic rings. The van der Waals surface area contributed by atoms with Crippen LogP contribution in [0.4, 0.5) is 0 Å². The van der Waals surface area contributed by atoms with Crippen molar-refractivity contribution in [3.8, 4) is 17.2 Å². The number of phenolic OH excluding ortho intramolecular Hbond substituents is 1. The number of likely N-dealkylation sites (tertiary alicyclic amines) is 2. The standard InChI is InChI=1S/C23H29NO3.C22H27NO4/c1-14-20(26-2)7-6-16-10-18-17-11-21(27-3)19(25)12-23(17,22(14)16)8-9-24(18)13-15-4-5-15;1-26-18-6-5-14-9-16-15-10-19(27-2)17(24)11-22(15,20(14)21(18)25)7-8-23(16)12-13-3-4-13/h6-7,11,15,17-18H,4-5,8-10,12-13H2,1-3H3;5-6,10,13,15-16,25H,3-4,7-9,11-12H2,1-2H3/t17?,18-,23+;15?,16-,22+/m00/s1. The summed E-state index contributed by atoms with van der Waals surface area (Å²) in [5.74, 6) is 5.14. The molecule has 9 nitrogen and oxygen atoms in total. The van der Waals surface area contributed by atoms with Gasteiger partial charge in [0, 0.05) is 66.2 Å². The summed E-state index contributed by atoms with van der Waals surface area (Å²) < 4.78 is 21.9. The van der Waals surface area contributed by atoms with Gasteiger partial charge in [0.05, 0.1) is 28.4 Å². The van der Waals surface area contributed by atoms with Gasteiger partial charge in [-0.2, -0.15) is 0 Å². The van der Waals surface area contributed by atoms with Crippen molar-refractivity contribution in [2.75, 3.05) is 54.6 Å². The minimum absolute atomic E-state index is 0.0400. The van der Waals surface area contributed by atoms with Crippen LogP contribution in [0.25, 0.3) is 0 Å². The molecule has 10 rings (SSSR count). The molecule has 2 saturated heterocycles. The number of fused-ring (bicyclic) bond motifs is 2. The molecule has 4 bridgehead atoms. The summed E-state index contributed by atoms with van der Waals surface area (Å²) in [4.78, 5) is 31.0. The zero-order valence-electron chi connectivity index (χ0n) is 32.6. The highest BCUT2D eigenvalue weighted by atomic mass is 16.5. The monoisotopic (exact) mass is 736 g/mol. The first-order valence-electron chi connectivity index (χ1n) is 20.3. The van der Waals surface area contributed by atoms with Gasteiger partial charge in [-0.05, 0) is 130 Å². The number of carbonyl (C=O) groups is 2. The quantitative estimate of drug-likeness (QED) is 0.340. The van der Waals surface area contributed by atoms with Crippen LogP contribution in [-0.4, -0.2) is 93.2 Å². The molecule has 1 N–H and O–H groups in total. The summed E-state index contributed by atoms with van der Waals surface area (Å²) in [5.41, 5.74) is 5.67. The first-order chi connectivity index (χ1) is 26.1. The maximum absolute atomic E-state index is 12.9. The SMILES string of the molecule is COC1=CC2[C@@H]3Cc4ccc(OC)c(C)c4[C@]2(CCN3CC2CC2)CC1=O.COC1=CC2[C@@H]3Cc4ccc(OC)c(O)c4[C@]2(CCN3CC2CC2)CC1=O. The van der Waals surface area contributed by atoms with Gasteiger partial charge in [-0.25, -0.2) is 0 Å². The normalized spacial score (nSPS) is 32.4. The number of ether oxygens (including phenoxy) is 4. The van der Waals surface area contributed by atoms with E-state index in [9.17, 15) is 14.7 Å². The minimum Gasteiger partial charge on any atom is -0.504 e. The zero-order chi connectivity index (χ0) is 37.5. The number of piperidine rings is 2. The van der Waals surface area contributed by atoms with Gasteiger partial charge in [0.25, 0.3) is 0 Å². The predicted octanol–water partition coefficient (Wildman–Crippen LogP) is 6.20. The van der Waals surface area contributed by atoms with Crippen LogP contribution >= 0.6 is 0 Å². The first kappa shape index (κ1) is 35.9. The molecule has 9 heteroatoms. The Morgan fingerprint density at radius 1 is 0.667 bits per heavy atom. The molecule has 2 aliphatic heterocycles. The van der Waals surface area contributed by atoms with E-state index in [4.69, 9.17) is 18.9 Å². The van der Waals surface area contributed by atoms with Gasteiger partial charge in [-0.1, -0.05) is 12.1 Å². The van der Waals surface area contributed by atoms with E-state index in [1.54, 1.807) is 28.4 Å². The molecule has 54 heavy (non-hydrogen) atoms. The lowest BCUT2D eigenvalue weighted by Gasteiger charge is -2.58. The number of methoxy groups -OCH3 is 4. The summed E-state index contributed by atoms with van der Waals surface area (Å²) >= 11 is 0. The molecule has 6 aliphatic carbocycles. The average Bonchev–Trinajstić information content (AvgIpc) is 4.11. The molecule has 0 aromatic heterocycles. The van der Waals surface area contributed by atoms with E-state index >= 15 is 0 Å². The third kappa shape index (κ3) is 5.62. The molecule has 0 spiro atoms. The second kappa shape index (κ2) is 13.4. The summed E-state index contributed by atoms with van der Waals surface area (Å²) in [6.45, 7) is 6.61. The van der Waals surface area contributed by atoms with Gasteiger partial charge in [0.1, 0.15) is 5.75 Å². The van der Waals surface area contributed by atoms with Crippen LogP contribution in [0.15, 0.2) is 47.9 Å². The van der Waals surface area contributed by atoms with E-state index in [0.29, 0.717) is 48.1 Å². The Hall–Kier alpha value is -3.82. The van der Waals surface area contributed by atoms with Crippen LogP contribution in [0.1, 0.15) is 79.2 Å². The smallest absolute Gasteiger partial charge is 0.197 e. The topological polar surface area (TPSA) is 97.8 Å². The van der Waals surface area contributed by atoms with Gasteiger partial charge in [0.2, 0.25) is 0 Å². The number of carbonyl (C=O) groups excluding carboxylic acids is 2. The summed E-state index contributed by atoms with van der Waals surface area (Å²) in [7, 11) is 6.53. The lowest BCUT2D eigenvalue weighted by Crippen LogP contribution is -2.61. The Morgan fingerprint density at radius 2 is 1.13 bits per heavy atom. The van der Waals surface area contributed by atoms with E-state index in [1.807, 2.05) is 6.07 Å². The molecule has 2 heterocycles. The molecule has 2 saturated carbocycles. The van der Waals surface area contributed by atoms with Crippen molar-refractivity contribution in [1.82, 2.24) is 9.80 Å². The number of nitrogens with zero attached hydrogens (tertiary/aromatic N) is 2. The largest absolute Gasteiger partial charge is 0.504 e. The van der Waals surface area contributed by atoms with E-state index in [-0.39, 0.29) is 34.1 Å². The van der Waals surface area contributed by atoms with E-state index in [0.717, 1.165) is 74.0 Å². The average molecular weight is 737 g/mol. The van der Waals surface area contributed by atoms with E-state index in [2.05, 4.69) is 47.1 Å². The lowest BCUT2D eigenvalue weighted by molar-refractivity contribution is -0.123. The van der Waals surface area contributed by atoms with Gasteiger partial charge in [-0.3, -0.25) is 19.4 Å². The van der Waals surface area contributed by atoms with Crippen LogP contribution in [0, 0.1) is 30.6 Å². The molecule has 8 aliphatic rings. The van der Waals surface area contributed by atoms with Crippen molar-refractivity contribution in [2.24, 2.45) is 23.7 Å². The molecule has 2 aromatic carbocycles. The highest BCUT2D eigenvalue weighted by Gasteiger charge is 2.58. The Balaban J connectivity index is 0.000000142. The van der Waals surface area contributed by atoms with Crippen LogP contribution in [0.5, 0.6) is 17.2 Å². The number of hydrogen-bond donors (Lipinski definition) is 1. The van der Waals surface area contributed by atoms with Gasteiger partial charge in [0.15, 0.2) is 34.6 Å². The van der Waals surface area contributed by atoms with Crippen molar-refractivity contribution in [3.05, 3.63) is 75.8 Å². The molecule has 288 valence electrons. The number of ketones is 2. The maximum Gasteiger partial charge on any atom is 0.197 e. The van der Waals surface area contributed by atoms with Gasteiger partial charge in [-0.15, -0.1) is 0 Å². The molecule has 2 unspecified atom stereocenters. The predicted molar refractivity (Wildman–Crippen MR) is 205 cm³/mol. The van der Waals surface area contributed by atoms with Crippen LogP contribution < -0.4 is 9.47 Å². The van der Waals surface area contributed by atoms with Crippen molar-refractivity contribution in [2.45, 2.75) is 94.0 Å². The second-order valence-corrected chi connectivity index (χ2v) is 17.5. The fraction of sp³-hybridized carbons (Fsp3) is 0.600. The molecule has 0 radical (unpaired) electrons. The first-order valence-corrected chi connectivity index (χ1v) is 20.3. The Bertz CT molecular complexity index is 1790. The van der Waals surface area contributed by atoms with Crippen molar-refractivity contribution < 1.29 is 33.6 Å². The lowest BCUT2D eigenvalue weighted by atomic mass is 9.53. The number of allylic oxidation sites excluding steroid dienone is 2. The molecular formula is C45H56N2O7. The highest BCUT2D eigenvalue weighted by molar-refractivity contribution is 5.96. The zero-order valence-corrected chi connectivity index (χ0v) is 32.6. The fourth-order valence-electron chi connectivity index (χ4n) is 11.9. The number of Topliss-reactive ketones (excluding diaryl/α,β-unsaturated/α-hetero) is 2. The number of aromatic hydroxyl groups is 1. The van der Waals surface area contributed by atoms with E-state index in [1.165, 1.54) is 48.9 Å². The Labute approximate surface area is 319 Å². The summed E-state index contributed by atoms with van der Waals surface area (Å²) in [6, 6.07) is 9.11. The Kier molecular flexibility index (Phi) is 8.92. The Morgan fingerprint density at radius 3 is 1.59 bits per heavy atom. The number of rotatable bonds is 8. The fourth-order valence-corrected chi connectivity index (χ4v) is 11.9. The third-order valence-electron chi connectivity index (χ3n) is 14.7. The third-order valence-corrected chi connectivity index (χ3v) is 14.7. The molecule has 6 atom stereocenters. The number of hydrogen-bond acceptors (Lipinski definition) is 9. The van der Waals surface area contributed by atoms with Crippen LogP contribution in [0.2, 0.25) is 0 Å². The van der Waals surface area contributed by atoms with E-state index < -0.39 is 0 Å². The second-order valence-electron chi connectivity index (χ2n) is 17.5. The van der Waals surface area contributed by atoms with Gasteiger partial charge < -0.3 is 24.1 Å². The highest BCUT2D eigenvalue weighted by Crippen LogP contribution is 2.59. The number of benzene rings is 2. The van der Waals surface area contributed by atoms with Gasteiger partial charge >= 0.3 is 0 Å². The van der Waals surface area contributed by atoms with Crippen molar-refractivity contribution in [3.63, 3.8) is 0 Å². The summed E-state index contributed by atoms with van der Waals surface area (Å²) in [5, 5.41) is 11.0. The van der Waals surface area contributed by atoms with Crippen molar-refractivity contribution >= 4 is 11.6 Å². The molecular weight excluding hydrogens is 681 g/mol. The van der Waals surface area contributed by atoms with Crippen molar-refractivity contribution in [1.29, 1.82) is 0 Å². The van der Waals surface area contributed by atoms with Crippen LogP contribution in [-0.2, 0) is 42.7 Å². The maximum atomic E-state index is 12.9. The van der Waals surface area contributed by atoms with Crippen LogP contribution in [0.3, 0.4) is 0 Å².